The van der Waals surface area contributed by atoms with E-state index in [1.54, 1.807) is 0 Å². The van der Waals surface area contributed by atoms with Crippen molar-refractivity contribution in [1.82, 2.24) is 19.7 Å². The third kappa shape index (κ3) is 2.17. The Balaban J connectivity index is 1.88. The van der Waals surface area contributed by atoms with Gasteiger partial charge in [-0.1, -0.05) is 19.1 Å². The number of benzene rings is 2. The average Bonchev–Trinajstić information content (AvgIpc) is 3.29. The first-order chi connectivity index (χ1) is 13.4. The van der Waals surface area contributed by atoms with Gasteiger partial charge in [0.15, 0.2) is 11.6 Å². The quantitative estimate of drug-likeness (QED) is 0.513. The lowest BCUT2D eigenvalue weighted by Gasteiger charge is -2.35. The van der Waals surface area contributed by atoms with Crippen LogP contribution in [0.5, 0.6) is 0 Å². The maximum Gasteiger partial charge on any atom is 0.162 e. The molecule has 0 atom stereocenters. The fourth-order valence-electron chi connectivity index (χ4n) is 4.25. The summed E-state index contributed by atoms with van der Waals surface area (Å²) in [5.74, 6) is 1.15. The van der Waals surface area contributed by atoms with E-state index in [1.807, 2.05) is 61.9 Å². The summed E-state index contributed by atoms with van der Waals surface area (Å²) >= 11 is 0. The van der Waals surface area contributed by atoms with Gasteiger partial charge in [0.2, 0.25) is 0 Å². The predicted octanol–water partition coefficient (Wildman–Crippen LogP) is 5.09. The third-order valence-electron chi connectivity index (χ3n) is 5.63. The lowest BCUT2D eigenvalue weighted by atomic mass is 9.92. The van der Waals surface area contributed by atoms with Crippen molar-refractivity contribution in [2.24, 2.45) is 0 Å². The van der Waals surface area contributed by atoms with Gasteiger partial charge in [0.1, 0.15) is 11.5 Å². The SMILES string of the molecule is CCc1cc(-c2cccc3[nH]ccc23)c(F)c2c1NC(C)(C)c1nnc(C)n1-2. The minimum absolute atomic E-state index is 0.256. The lowest BCUT2D eigenvalue weighted by Crippen LogP contribution is -2.37. The highest BCUT2D eigenvalue weighted by Gasteiger charge is 2.37. The number of hydrogen-bond acceptors (Lipinski definition) is 3. The van der Waals surface area contributed by atoms with Crippen LogP contribution in [0.3, 0.4) is 0 Å². The Labute approximate surface area is 162 Å². The van der Waals surface area contributed by atoms with E-state index in [9.17, 15) is 0 Å². The second kappa shape index (κ2) is 5.67. The first kappa shape index (κ1) is 17.0. The number of aryl methyl sites for hydroxylation is 2. The zero-order valence-electron chi connectivity index (χ0n) is 16.4. The largest absolute Gasteiger partial charge is 0.371 e. The van der Waals surface area contributed by atoms with E-state index in [0.29, 0.717) is 17.1 Å². The summed E-state index contributed by atoms with van der Waals surface area (Å²) in [6.45, 7) is 8.05. The van der Waals surface area contributed by atoms with Crippen molar-refractivity contribution in [2.75, 3.05) is 5.32 Å². The number of aromatic nitrogens is 4. The molecule has 142 valence electrons. The molecule has 0 bridgehead atoms. The van der Waals surface area contributed by atoms with E-state index in [2.05, 4.69) is 27.4 Å². The highest BCUT2D eigenvalue weighted by atomic mass is 19.1. The van der Waals surface area contributed by atoms with Crippen molar-refractivity contribution in [2.45, 2.75) is 39.7 Å². The maximum atomic E-state index is 16.1. The van der Waals surface area contributed by atoms with Crippen molar-refractivity contribution in [3.63, 3.8) is 0 Å². The van der Waals surface area contributed by atoms with Crippen LogP contribution in [-0.2, 0) is 12.0 Å². The van der Waals surface area contributed by atoms with Gasteiger partial charge in [0.25, 0.3) is 0 Å². The van der Waals surface area contributed by atoms with Gasteiger partial charge in [-0.25, -0.2) is 4.39 Å². The maximum absolute atomic E-state index is 16.1. The molecule has 5 nitrogen and oxygen atoms in total. The van der Waals surface area contributed by atoms with Crippen LogP contribution in [0.4, 0.5) is 10.1 Å². The van der Waals surface area contributed by atoms with E-state index >= 15 is 4.39 Å². The second-order valence-electron chi connectivity index (χ2n) is 7.88. The molecule has 0 spiro atoms. The van der Waals surface area contributed by atoms with Crippen molar-refractivity contribution in [3.05, 3.63) is 59.6 Å². The van der Waals surface area contributed by atoms with Crippen LogP contribution in [0.25, 0.3) is 27.7 Å². The number of hydrogen-bond donors (Lipinski definition) is 2. The van der Waals surface area contributed by atoms with Crippen molar-refractivity contribution < 1.29 is 4.39 Å². The van der Waals surface area contributed by atoms with Crippen LogP contribution in [0.1, 0.15) is 38.0 Å². The predicted molar refractivity (Wildman–Crippen MR) is 109 cm³/mol. The molecular formula is C22H22FN5. The monoisotopic (exact) mass is 375 g/mol. The normalized spacial score (nSPS) is 14.6. The first-order valence-electron chi connectivity index (χ1n) is 9.55. The van der Waals surface area contributed by atoms with Gasteiger partial charge < -0.3 is 10.3 Å². The minimum Gasteiger partial charge on any atom is -0.371 e. The summed E-state index contributed by atoms with van der Waals surface area (Å²) in [6, 6.07) is 9.90. The molecule has 1 aliphatic rings. The molecule has 5 rings (SSSR count). The Hall–Kier alpha value is -3.15. The molecule has 0 amide bonds. The number of nitrogens with one attached hydrogen (secondary N) is 2. The Morgan fingerprint density at radius 3 is 2.75 bits per heavy atom. The topological polar surface area (TPSA) is 58.5 Å². The third-order valence-corrected chi connectivity index (χ3v) is 5.63. The highest BCUT2D eigenvalue weighted by Crippen LogP contribution is 2.44. The van der Waals surface area contributed by atoms with Crippen LogP contribution in [0, 0.1) is 12.7 Å². The van der Waals surface area contributed by atoms with E-state index < -0.39 is 5.54 Å². The summed E-state index contributed by atoms with van der Waals surface area (Å²) in [4.78, 5) is 3.21. The Bertz CT molecular complexity index is 1230. The fraction of sp³-hybridized carbons (Fsp3) is 0.273. The van der Waals surface area contributed by atoms with E-state index in [0.717, 1.165) is 40.0 Å². The highest BCUT2D eigenvalue weighted by molar-refractivity contribution is 5.96. The molecule has 3 heterocycles. The standard InChI is InChI=1S/C22H22FN5/c1-5-13-11-16(14-7-6-8-17-15(14)9-10-24-17)18(23)20-19(13)25-22(3,4)21-27-26-12(2)28(20)21/h6-11,24-25H,5H2,1-4H3. The summed E-state index contributed by atoms with van der Waals surface area (Å²) in [5, 5.41) is 13.1. The van der Waals surface area contributed by atoms with Gasteiger partial charge in [-0.05, 0) is 56.5 Å². The lowest BCUT2D eigenvalue weighted by molar-refractivity contribution is 0.521. The van der Waals surface area contributed by atoms with E-state index in [-0.39, 0.29) is 5.82 Å². The second-order valence-corrected chi connectivity index (χ2v) is 7.88. The van der Waals surface area contributed by atoms with Gasteiger partial charge in [-0.2, -0.15) is 0 Å². The number of fused-ring (bicyclic) bond motifs is 4. The van der Waals surface area contributed by atoms with E-state index in [4.69, 9.17) is 0 Å². The molecule has 0 saturated heterocycles. The van der Waals surface area contributed by atoms with Gasteiger partial charge in [0.05, 0.1) is 11.2 Å². The van der Waals surface area contributed by atoms with Gasteiger partial charge >= 0.3 is 0 Å². The molecule has 6 heteroatoms. The number of rotatable bonds is 2. The van der Waals surface area contributed by atoms with Crippen molar-refractivity contribution in [1.29, 1.82) is 0 Å². The molecule has 4 aromatic rings. The van der Waals surface area contributed by atoms with Crippen LogP contribution < -0.4 is 5.32 Å². The molecule has 0 fully saturated rings. The van der Waals surface area contributed by atoms with Crippen LogP contribution >= 0.6 is 0 Å². The van der Waals surface area contributed by atoms with Crippen LogP contribution in [0.2, 0.25) is 0 Å². The Kier molecular flexibility index (Phi) is 3.44. The van der Waals surface area contributed by atoms with Crippen molar-refractivity contribution >= 4 is 16.6 Å². The van der Waals surface area contributed by atoms with Crippen LogP contribution in [0.15, 0.2) is 36.5 Å². The van der Waals surface area contributed by atoms with Crippen molar-refractivity contribution in [3.8, 4) is 16.8 Å². The first-order valence-corrected chi connectivity index (χ1v) is 9.55. The summed E-state index contributed by atoms with van der Waals surface area (Å²) in [7, 11) is 0. The van der Waals surface area contributed by atoms with E-state index in [1.165, 1.54) is 0 Å². The summed E-state index contributed by atoms with van der Waals surface area (Å²) in [5.41, 5.74) is 4.45. The molecule has 0 aliphatic carbocycles. The number of H-pyrrole nitrogens is 1. The smallest absolute Gasteiger partial charge is 0.162 e. The molecular weight excluding hydrogens is 353 g/mol. The summed E-state index contributed by atoms with van der Waals surface area (Å²) in [6.07, 6.45) is 2.68. The molecule has 2 aromatic heterocycles. The molecule has 0 radical (unpaired) electrons. The minimum atomic E-state index is -0.438. The molecule has 28 heavy (non-hydrogen) atoms. The average molecular weight is 375 g/mol. The van der Waals surface area contributed by atoms with Crippen LogP contribution in [-0.4, -0.2) is 19.7 Å². The zero-order valence-corrected chi connectivity index (χ0v) is 16.4. The van der Waals surface area contributed by atoms with Gasteiger partial charge in [-0.15, -0.1) is 10.2 Å². The molecule has 2 aromatic carbocycles. The number of aromatic amines is 1. The molecule has 2 N–H and O–H groups in total. The van der Waals surface area contributed by atoms with Gasteiger partial charge in [-0.3, -0.25) is 4.57 Å². The molecule has 1 aliphatic heterocycles. The fourth-order valence-corrected chi connectivity index (χ4v) is 4.25. The number of halogens is 1. The zero-order chi connectivity index (χ0) is 19.6. The number of anilines is 1. The molecule has 0 saturated carbocycles. The number of nitrogens with zero attached hydrogens (tertiary/aromatic N) is 3. The Morgan fingerprint density at radius 1 is 1.14 bits per heavy atom. The van der Waals surface area contributed by atoms with Gasteiger partial charge in [0, 0.05) is 22.7 Å². The summed E-state index contributed by atoms with van der Waals surface area (Å²) < 4.78 is 17.9. The molecule has 0 unspecified atom stereocenters. The Morgan fingerprint density at radius 2 is 1.96 bits per heavy atom.